The number of nitrogens with one attached hydrogen (secondary N) is 1. The standard InChI is InChI=1S/C29H39N5O3/c1-31-29(37)27(3-2-20-35)24-6-10-26(11-7-24)33-18-16-32(17-19-33)21-28(36)34-14-12-23(13-15-34)22-4-8-25(30)9-5-22/h4-11,20,23,27H,2-3,12-19,21,30H2,1H3,(H,31,37). The van der Waals surface area contributed by atoms with Crippen molar-refractivity contribution in [1.82, 2.24) is 15.1 Å². The summed E-state index contributed by atoms with van der Waals surface area (Å²) in [6, 6.07) is 16.2. The summed E-state index contributed by atoms with van der Waals surface area (Å²) in [7, 11) is 1.62. The number of nitrogens with two attached hydrogens (primary N) is 1. The van der Waals surface area contributed by atoms with E-state index in [2.05, 4.69) is 39.4 Å². The normalized spacial score (nSPS) is 17.9. The molecule has 0 aliphatic carbocycles. The molecule has 2 aromatic rings. The van der Waals surface area contributed by atoms with Gasteiger partial charge in [-0.05, 0) is 60.6 Å². The summed E-state index contributed by atoms with van der Waals surface area (Å²) >= 11 is 0. The smallest absolute Gasteiger partial charge is 0.236 e. The van der Waals surface area contributed by atoms with Crippen LogP contribution >= 0.6 is 0 Å². The van der Waals surface area contributed by atoms with Crippen molar-refractivity contribution in [2.45, 2.75) is 37.5 Å². The number of nitrogen functional groups attached to an aromatic ring is 1. The first-order chi connectivity index (χ1) is 18.0. The monoisotopic (exact) mass is 505 g/mol. The van der Waals surface area contributed by atoms with Crippen molar-refractivity contribution in [3.8, 4) is 0 Å². The molecule has 0 spiro atoms. The Bertz CT molecular complexity index is 1040. The van der Waals surface area contributed by atoms with Gasteiger partial charge in [0.2, 0.25) is 11.8 Å². The third kappa shape index (κ3) is 6.89. The van der Waals surface area contributed by atoms with Crippen molar-refractivity contribution in [2.75, 3.05) is 63.5 Å². The molecule has 3 N–H and O–H groups in total. The van der Waals surface area contributed by atoms with E-state index in [0.29, 0.717) is 25.3 Å². The minimum absolute atomic E-state index is 0.0673. The van der Waals surface area contributed by atoms with Gasteiger partial charge in [0.05, 0.1) is 12.5 Å². The number of aldehydes is 1. The van der Waals surface area contributed by atoms with Crippen LogP contribution in [0.25, 0.3) is 0 Å². The lowest BCUT2D eigenvalue weighted by Gasteiger charge is -2.38. The van der Waals surface area contributed by atoms with E-state index in [-0.39, 0.29) is 17.7 Å². The van der Waals surface area contributed by atoms with Gasteiger partial charge in [-0.15, -0.1) is 0 Å². The molecule has 8 heteroatoms. The van der Waals surface area contributed by atoms with Gasteiger partial charge in [0.25, 0.3) is 0 Å². The van der Waals surface area contributed by atoms with Crippen molar-refractivity contribution in [3.63, 3.8) is 0 Å². The number of hydrogen-bond donors (Lipinski definition) is 2. The van der Waals surface area contributed by atoms with Crippen LogP contribution in [-0.2, 0) is 14.4 Å². The van der Waals surface area contributed by atoms with E-state index < -0.39 is 0 Å². The number of benzene rings is 2. The number of amides is 2. The Hall–Kier alpha value is -3.39. The minimum Gasteiger partial charge on any atom is -0.399 e. The number of piperazine rings is 1. The van der Waals surface area contributed by atoms with Crippen molar-refractivity contribution in [2.24, 2.45) is 0 Å². The van der Waals surface area contributed by atoms with Crippen molar-refractivity contribution < 1.29 is 14.4 Å². The molecule has 2 saturated heterocycles. The van der Waals surface area contributed by atoms with Gasteiger partial charge in [0, 0.05) is 64.1 Å². The van der Waals surface area contributed by atoms with Crippen molar-refractivity contribution in [3.05, 3.63) is 59.7 Å². The average Bonchev–Trinajstić information content (AvgIpc) is 2.94. The van der Waals surface area contributed by atoms with Gasteiger partial charge in [-0.2, -0.15) is 0 Å². The molecular weight excluding hydrogens is 466 g/mol. The fraction of sp³-hybridized carbons (Fsp3) is 0.483. The van der Waals surface area contributed by atoms with Crippen LogP contribution in [-0.4, -0.2) is 80.8 Å². The Kier molecular flexibility index (Phi) is 9.17. The van der Waals surface area contributed by atoms with E-state index in [0.717, 1.165) is 75.3 Å². The third-order valence-electron chi connectivity index (χ3n) is 7.78. The Morgan fingerprint density at radius 2 is 1.62 bits per heavy atom. The molecule has 0 bridgehead atoms. The Morgan fingerprint density at radius 1 is 0.973 bits per heavy atom. The molecule has 2 aromatic carbocycles. The fourth-order valence-corrected chi connectivity index (χ4v) is 5.46. The highest BCUT2D eigenvalue weighted by molar-refractivity contribution is 5.83. The van der Waals surface area contributed by atoms with E-state index in [1.807, 2.05) is 29.2 Å². The molecule has 2 fully saturated rings. The number of likely N-dealkylation sites (N-methyl/N-ethyl adjacent to an activating group) is 1. The van der Waals surface area contributed by atoms with Gasteiger partial charge < -0.3 is 25.6 Å². The lowest BCUT2D eigenvalue weighted by Crippen LogP contribution is -2.51. The van der Waals surface area contributed by atoms with Crippen LogP contribution in [0.1, 0.15) is 48.6 Å². The zero-order valence-electron chi connectivity index (χ0n) is 21.8. The predicted octanol–water partition coefficient (Wildman–Crippen LogP) is 2.61. The second kappa shape index (κ2) is 12.7. The Morgan fingerprint density at radius 3 is 2.22 bits per heavy atom. The lowest BCUT2D eigenvalue weighted by molar-refractivity contribution is -0.133. The molecule has 0 aromatic heterocycles. The van der Waals surface area contributed by atoms with Crippen LogP contribution in [0.5, 0.6) is 0 Å². The molecule has 1 atom stereocenters. The maximum absolute atomic E-state index is 13.0. The zero-order chi connectivity index (χ0) is 26.2. The highest BCUT2D eigenvalue weighted by atomic mass is 16.2. The average molecular weight is 506 g/mol. The number of rotatable bonds is 9. The summed E-state index contributed by atoms with van der Waals surface area (Å²) < 4.78 is 0. The van der Waals surface area contributed by atoms with Crippen LogP contribution in [0, 0.1) is 0 Å². The number of anilines is 2. The summed E-state index contributed by atoms with van der Waals surface area (Å²) in [6.07, 6.45) is 3.72. The summed E-state index contributed by atoms with van der Waals surface area (Å²) in [6.45, 7) is 5.49. The quantitative estimate of drug-likeness (QED) is 0.402. The van der Waals surface area contributed by atoms with Crippen LogP contribution in [0.3, 0.4) is 0 Å². The molecular formula is C29H39N5O3. The number of carbonyl (C=O) groups excluding carboxylic acids is 3. The van der Waals surface area contributed by atoms with Gasteiger partial charge >= 0.3 is 0 Å². The van der Waals surface area contributed by atoms with E-state index >= 15 is 0 Å². The van der Waals surface area contributed by atoms with Gasteiger partial charge in [0.1, 0.15) is 6.29 Å². The summed E-state index contributed by atoms with van der Waals surface area (Å²) in [4.78, 5) is 42.6. The number of carbonyl (C=O) groups is 3. The van der Waals surface area contributed by atoms with Gasteiger partial charge in [-0.3, -0.25) is 14.5 Å². The Balaban J connectivity index is 1.23. The fourth-order valence-electron chi connectivity index (χ4n) is 5.46. The Labute approximate surface area is 219 Å². The number of hydrogen-bond acceptors (Lipinski definition) is 6. The zero-order valence-corrected chi connectivity index (χ0v) is 21.8. The third-order valence-corrected chi connectivity index (χ3v) is 7.78. The summed E-state index contributed by atoms with van der Waals surface area (Å²) in [5.41, 5.74) is 9.95. The predicted molar refractivity (Wildman–Crippen MR) is 147 cm³/mol. The maximum atomic E-state index is 13.0. The molecule has 0 saturated carbocycles. The number of likely N-dealkylation sites (tertiary alicyclic amines) is 1. The maximum Gasteiger partial charge on any atom is 0.236 e. The van der Waals surface area contributed by atoms with Crippen LogP contribution in [0.15, 0.2) is 48.5 Å². The van der Waals surface area contributed by atoms with Gasteiger partial charge in [-0.25, -0.2) is 0 Å². The van der Waals surface area contributed by atoms with E-state index in [9.17, 15) is 14.4 Å². The molecule has 2 aliphatic rings. The first-order valence-corrected chi connectivity index (χ1v) is 13.3. The van der Waals surface area contributed by atoms with E-state index in [4.69, 9.17) is 5.73 Å². The molecule has 8 nitrogen and oxygen atoms in total. The highest BCUT2D eigenvalue weighted by Gasteiger charge is 2.26. The van der Waals surface area contributed by atoms with E-state index in [1.165, 1.54) is 5.56 Å². The summed E-state index contributed by atoms with van der Waals surface area (Å²) in [5, 5.41) is 2.70. The second-order valence-electron chi connectivity index (χ2n) is 10.1. The molecule has 2 heterocycles. The minimum atomic E-state index is -0.316. The number of nitrogens with zero attached hydrogens (tertiary/aromatic N) is 3. The molecule has 2 aliphatic heterocycles. The van der Waals surface area contributed by atoms with E-state index in [1.54, 1.807) is 7.05 Å². The molecule has 0 radical (unpaired) electrons. The summed E-state index contributed by atoms with van der Waals surface area (Å²) in [5.74, 6) is 0.339. The largest absolute Gasteiger partial charge is 0.399 e. The molecule has 198 valence electrons. The number of piperidine rings is 1. The molecule has 4 rings (SSSR count). The molecule has 1 unspecified atom stereocenters. The van der Waals surface area contributed by atoms with Crippen LogP contribution < -0.4 is 16.0 Å². The van der Waals surface area contributed by atoms with Gasteiger partial charge in [0.15, 0.2) is 0 Å². The topological polar surface area (TPSA) is 99.0 Å². The molecule has 37 heavy (non-hydrogen) atoms. The molecule has 2 amide bonds. The SMILES string of the molecule is CNC(=O)C(CCC=O)c1ccc(N2CCN(CC(=O)N3CCC(c4ccc(N)cc4)CC3)CC2)cc1. The van der Waals surface area contributed by atoms with Crippen molar-refractivity contribution >= 4 is 29.5 Å². The van der Waals surface area contributed by atoms with Crippen LogP contribution in [0.4, 0.5) is 11.4 Å². The lowest BCUT2D eigenvalue weighted by atomic mass is 9.89. The van der Waals surface area contributed by atoms with Crippen molar-refractivity contribution in [1.29, 1.82) is 0 Å². The van der Waals surface area contributed by atoms with Crippen LogP contribution in [0.2, 0.25) is 0 Å². The highest BCUT2D eigenvalue weighted by Crippen LogP contribution is 2.29. The van der Waals surface area contributed by atoms with Gasteiger partial charge in [-0.1, -0.05) is 24.3 Å². The second-order valence-corrected chi connectivity index (χ2v) is 10.1. The first kappa shape index (κ1) is 26.7. The first-order valence-electron chi connectivity index (χ1n) is 13.3.